The number of piperazine rings is 1. The van der Waals surface area contributed by atoms with Gasteiger partial charge in [-0.3, -0.25) is 4.79 Å². The second-order valence-corrected chi connectivity index (χ2v) is 7.63. The van der Waals surface area contributed by atoms with E-state index in [4.69, 9.17) is 0 Å². The predicted octanol–water partition coefficient (Wildman–Crippen LogP) is 3.37. The van der Waals surface area contributed by atoms with Gasteiger partial charge < -0.3 is 14.7 Å². The van der Waals surface area contributed by atoms with Gasteiger partial charge in [-0.1, -0.05) is 12.1 Å². The summed E-state index contributed by atoms with van der Waals surface area (Å²) in [5, 5.41) is 0. The van der Waals surface area contributed by atoms with E-state index >= 15 is 0 Å². The Kier molecular flexibility index (Phi) is 5.20. The van der Waals surface area contributed by atoms with Crippen molar-refractivity contribution in [1.29, 1.82) is 0 Å². The second kappa shape index (κ2) is 7.78. The van der Waals surface area contributed by atoms with Crippen molar-refractivity contribution in [2.45, 2.75) is 19.8 Å². The number of aryl methyl sites for hydroxylation is 2. The highest BCUT2D eigenvalue weighted by Crippen LogP contribution is 2.31. The molecule has 0 unspecified atom stereocenters. The number of benzene rings is 2. The Hall–Kier alpha value is -2.63. The molecule has 0 spiro atoms. The molecule has 2 aliphatic heterocycles. The van der Waals surface area contributed by atoms with Gasteiger partial charge in [0.15, 0.2) is 0 Å². The van der Waals surface area contributed by atoms with E-state index in [0.29, 0.717) is 37.3 Å². The van der Waals surface area contributed by atoms with E-state index in [1.165, 1.54) is 17.3 Å². The van der Waals surface area contributed by atoms with Crippen LogP contribution in [0.15, 0.2) is 36.4 Å². The molecule has 2 aliphatic rings. The van der Waals surface area contributed by atoms with Crippen molar-refractivity contribution in [3.63, 3.8) is 0 Å². The fourth-order valence-electron chi connectivity index (χ4n) is 4.20. The number of carbonyl (C=O) groups excluding carboxylic acids is 1. The molecule has 0 aliphatic carbocycles. The quantitative estimate of drug-likeness (QED) is 0.811. The Labute approximate surface area is 164 Å². The van der Waals surface area contributed by atoms with Crippen LogP contribution < -0.4 is 9.80 Å². The van der Waals surface area contributed by atoms with Crippen LogP contribution in [-0.2, 0) is 11.2 Å². The van der Waals surface area contributed by atoms with Crippen LogP contribution in [0.25, 0.3) is 0 Å². The van der Waals surface area contributed by atoms with Crippen LogP contribution in [0.1, 0.15) is 17.5 Å². The minimum absolute atomic E-state index is 0.000433. The van der Waals surface area contributed by atoms with Crippen LogP contribution in [0, 0.1) is 18.6 Å². The fraction of sp³-hybridized carbons (Fsp3) is 0.409. The summed E-state index contributed by atoms with van der Waals surface area (Å²) >= 11 is 0. The highest BCUT2D eigenvalue weighted by Gasteiger charge is 2.27. The third-order valence-electron chi connectivity index (χ3n) is 5.62. The van der Waals surface area contributed by atoms with E-state index in [1.807, 2.05) is 11.0 Å². The van der Waals surface area contributed by atoms with E-state index in [0.717, 1.165) is 25.6 Å². The summed E-state index contributed by atoms with van der Waals surface area (Å²) in [7, 11) is 0. The Morgan fingerprint density at radius 2 is 1.82 bits per heavy atom. The van der Waals surface area contributed by atoms with Crippen LogP contribution in [0.5, 0.6) is 0 Å². The summed E-state index contributed by atoms with van der Waals surface area (Å²) in [6, 6.07) is 10.7. The number of halogens is 2. The Morgan fingerprint density at radius 3 is 2.57 bits per heavy atom. The van der Waals surface area contributed by atoms with Gasteiger partial charge in [-0.05, 0) is 49.1 Å². The molecule has 4 nitrogen and oxygen atoms in total. The first-order valence-corrected chi connectivity index (χ1v) is 9.83. The Balaban J connectivity index is 1.40. The number of hydrogen-bond donors (Lipinski definition) is 0. The zero-order valence-corrected chi connectivity index (χ0v) is 16.1. The normalized spacial score (nSPS) is 16.9. The number of fused-ring (bicyclic) bond motifs is 1. The Bertz CT molecular complexity index is 878. The first-order valence-electron chi connectivity index (χ1n) is 9.83. The average Bonchev–Trinajstić information content (AvgIpc) is 2.67. The van der Waals surface area contributed by atoms with E-state index < -0.39 is 11.6 Å². The molecule has 2 aromatic rings. The standard InChI is InChI=1S/C22H25F2N3O/c1-16-4-2-6-19(12-16)25-8-10-26(11-9-25)21(28)15-27-7-3-5-17-13-18(23)14-20(24)22(17)27/h2,4,6,12-14H,3,5,7-11,15H2,1H3. The van der Waals surface area contributed by atoms with Crippen molar-refractivity contribution in [2.75, 3.05) is 49.1 Å². The first-order chi connectivity index (χ1) is 13.5. The van der Waals surface area contributed by atoms with Crippen molar-refractivity contribution in [3.8, 4) is 0 Å². The van der Waals surface area contributed by atoms with Gasteiger partial charge in [0.25, 0.3) is 0 Å². The van der Waals surface area contributed by atoms with E-state index in [-0.39, 0.29) is 12.5 Å². The number of carbonyl (C=O) groups is 1. The molecule has 148 valence electrons. The monoisotopic (exact) mass is 385 g/mol. The van der Waals surface area contributed by atoms with Gasteiger partial charge >= 0.3 is 0 Å². The van der Waals surface area contributed by atoms with Crippen molar-refractivity contribution in [2.24, 2.45) is 0 Å². The molecule has 0 saturated carbocycles. The molecule has 0 aromatic heterocycles. The zero-order chi connectivity index (χ0) is 19.7. The number of amides is 1. The molecule has 2 heterocycles. The molecule has 6 heteroatoms. The topological polar surface area (TPSA) is 26.8 Å². The molecule has 4 rings (SSSR count). The third kappa shape index (κ3) is 3.81. The summed E-state index contributed by atoms with van der Waals surface area (Å²) in [5.74, 6) is -1.14. The maximum atomic E-state index is 14.3. The molecule has 0 radical (unpaired) electrons. The summed E-state index contributed by atoms with van der Waals surface area (Å²) in [4.78, 5) is 18.7. The average molecular weight is 385 g/mol. The summed E-state index contributed by atoms with van der Waals surface area (Å²) < 4.78 is 27.8. The molecule has 28 heavy (non-hydrogen) atoms. The van der Waals surface area contributed by atoms with Gasteiger partial charge in [-0.15, -0.1) is 0 Å². The molecule has 1 amide bonds. The molecule has 2 aromatic carbocycles. The van der Waals surface area contributed by atoms with Gasteiger partial charge in [0, 0.05) is 44.5 Å². The highest BCUT2D eigenvalue weighted by atomic mass is 19.1. The fourth-order valence-corrected chi connectivity index (χ4v) is 4.20. The number of hydrogen-bond acceptors (Lipinski definition) is 3. The maximum Gasteiger partial charge on any atom is 0.242 e. The number of rotatable bonds is 3. The van der Waals surface area contributed by atoms with Crippen LogP contribution >= 0.6 is 0 Å². The van der Waals surface area contributed by atoms with E-state index in [9.17, 15) is 13.6 Å². The van der Waals surface area contributed by atoms with Gasteiger partial charge in [-0.2, -0.15) is 0 Å². The minimum atomic E-state index is -0.577. The molecule has 1 fully saturated rings. The number of anilines is 2. The van der Waals surface area contributed by atoms with Gasteiger partial charge in [0.1, 0.15) is 11.6 Å². The van der Waals surface area contributed by atoms with E-state index in [1.54, 1.807) is 4.90 Å². The molecular formula is C22H25F2N3O. The molecule has 1 saturated heterocycles. The minimum Gasteiger partial charge on any atom is -0.368 e. The molecule has 0 N–H and O–H groups in total. The molecule has 0 atom stereocenters. The van der Waals surface area contributed by atoms with Crippen molar-refractivity contribution in [3.05, 3.63) is 59.2 Å². The lowest BCUT2D eigenvalue weighted by Gasteiger charge is -2.38. The lowest BCUT2D eigenvalue weighted by Crippen LogP contribution is -2.51. The maximum absolute atomic E-state index is 14.3. The van der Waals surface area contributed by atoms with E-state index in [2.05, 4.69) is 30.0 Å². The summed E-state index contributed by atoms with van der Waals surface area (Å²) in [6.45, 7) is 5.70. The summed E-state index contributed by atoms with van der Waals surface area (Å²) in [6.07, 6.45) is 1.44. The van der Waals surface area contributed by atoms with Gasteiger partial charge in [0.2, 0.25) is 5.91 Å². The summed E-state index contributed by atoms with van der Waals surface area (Å²) in [5.41, 5.74) is 3.44. The zero-order valence-electron chi connectivity index (χ0n) is 16.1. The lowest BCUT2D eigenvalue weighted by molar-refractivity contribution is -0.130. The third-order valence-corrected chi connectivity index (χ3v) is 5.62. The first kappa shape index (κ1) is 18.7. The van der Waals surface area contributed by atoms with Crippen LogP contribution in [0.3, 0.4) is 0 Å². The van der Waals surface area contributed by atoms with Gasteiger partial charge in [0.05, 0.1) is 12.2 Å². The van der Waals surface area contributed by atoms with Crippen molar-refractivity contribution in [1.82, 2.24) is 4.90 Å². The van der Waals surface area contributed by atoms with Crippen LogP contribution in [0.2, 0.25) is 0 Å². The van der Waals surface area contributed by atoms with Crippen LogP contribution in [-0.4, -0.2) is 50.1 Å². The predicted molar refractivity (Wildman–Crippen MR) is 107 cm³/mol. The highest BCUT2D eigenvalue weighted by molar-refractivity contribution is 5.82. The number of nitrogens with zero attached hydrogens (tertiary/aromatic N) is 3. The SMILES string of the molecule is Cc1cccc(N2CCN(C(=O)CN3CCCc4cc(F)cc(F)c43)CC2)c1. The van der Waals surface area contributed by atoms with Crippen molar-refractivity contribution < 1.29 is 13.6 Å². The largest absolute Gasteiger partial charge is 0.368 e. The molecular weight excluding hydrogens is 360 g/mol. The van der Waals surface area contributed by atoms with Crippen LogP contribution in [0.4, 0.5) is 20.2 Å². The smallest absolute Gasteiger partial charge is 0.242 e. The van der Waals surface area contributed by atoms with Crippen molar-refractivity contribution >= 4 is 17.3 Å². The molecule has 0 bridgehead atoms. The Morgan fingerprint density at radius 1 is 1.04 bits per heavy atom. The lowest BCUT2D eigenvalue weighted by atomic mass is 10.0. The second-order valence-electron chi connectivity index (χ2n) is 7.63. The van der Waals surface area contributed by atoms with Gasteiger partial charge in [-0.25, -0.2) is 8.78 Å².